The predicted octanol–water partition coefficient (Wildman–Crippen LogP) is 2.30. The second kappa shape index (κ2) is 5.10. The molecule has 0 aliphatic carbocycles. The Kier molecular flexibility index (Phi) is 3.71. The largest absolute Gasteiger partial charge is 0.481 e. The van der Waals surface area contributed by atoms with Crippen LogP contribution in [0.1, 0.15) is 33.0 Å². The van der Waals surface area contributed by atoms with Gasteiger partial charge in [0.25, 0.3) is 5.91 Å². The zero-order chi connectivity index (χ0) is 13.3. The summed E-state index contributed by atoms with van der Waals surface area (Å²) in [5.74, 6) is -1.24. The zero-order valence-electron chi connectivity index (χ0n) is 10.6. The number of carboxylic acids is 1. The molecule has 1 amide bonds. The van der Waals surface area contributed by atoms with Gasteiger partial charge in [0.15, 0.2) is 0 Å². The summed E-state index contributed by atoms with van der Waals surface area (Å²) in [4.78, 5) is 27.1. The molecule has 1 N–H and O–H groups in total. The number of carboxylic acid groups (broad SMARTS) is 1. The van der Waals surface area contributed by atoms with Crippen molar-refractivity contribution in [1.82, 2.24) is 4.90 Å². The predicted molar refractivity (Wildman–Crippen MR) is 70.1 cm³/mol. The normalized spacial score (nSPS) is 19.9. The third-order valence-electron chi connectivity index (χ3n) is 3.33. The van der Waals surface area contributed by atoms with Crippen molar-refractivity contribution in [3.8, 4) is 0 Å². The summed E-state index contributed by atoms with van der Waals surface area (Å²) in [5.41, 5.74) is 0.725. The molecule has 0 unspecified atom stereocenters. The van der Waals surface area contributed by atoms with Crippen LogP contribution in [0.5, 0.6) is 0 Å². The fourth-order valence-electron chi connectivity index (χ4n) is 2.38. The van der Waals surface area contributed by atoms with Crippen LogP contribution < -0.4 is 0 Å². The van der Waals surface area contributed by atoms with E-state index < -0.39 is 11.9 Å². The van der Waals surface area contributed by atoms with Crippen LogP contribution in [0.25, 0.3) is 0 Å². The van der Waals surface area contributed by atoms with Crippen molar-refractivity contribution in [1.29, 1.82) is 0 Å². The number of aryl methyl sites for hydroxylation is 2. The molecule has 98 valence electrons. The van der Waals surface area contributed by atoms with Crippen LogP contribution in [0.15, 0.2) is 6.07 Å². The molecule has 0 saturated carbocycles. The molecule has 1 aromatic rings. The van der Waals surface area contributed by atoms with E-state index in [1.54, 1.807) is 16.2 Å². The highest BCUT2D eigenvalue weighted by Crippen LogP contribution is 2.24. The van der Waals surface area contributed by atoms with Crippen LogP contribution in [0.2, 0.25) is 0 Å². The lowest BCUT2D eigenvalue weighted by atomic mass is 9.97. The number of amides is 1. The number of carbonyl (C=O) groups excluding carboxylic acids is 1. The molecule has 0 aromatic carbocycles. The Balaban J connectivity index is 2.14. The molecule has 1 aromatic heterocycles. The average Bonchev–Trinajstić information content (AvgIpc) is 2.67. The Morgan fingerprint density at radius 1 is 1.44 bits per heavy atom. The summed E-state index contributed by atoms with van der Waals surface area (Å²) >= 11 is 1.60. The van der Waals surface area contributed by atoms with Gasteiger partial charge in [-0.1, -0.05) is 0 Å². The maximum atomic E-state index is 12.3. The molecule has 0 spiro atoms. The van der Waals surface area contributed by atoms with E-state index >= 15 is 0 Å². The van der Waals surface area contributed by atoms with Gasteiger partial charge in [-0.25, -0.2) is 0 Å². The standard InChI is InChI=1S/C13H17NO3S/c1-8-6-11(9(2)18-8)12(15)14-5-3-4-10(7-14)13(16)17/h6,10H,3-5,7H2,1-2H3,(H,16,17)/t10-/m0/s1. The smallest absolute Gasteiger partial charge is 0.308 e. The van der Waals surface area contributed by atoms with Crippen molar-refractivity contribution in [3.63, 3.8) is 0 Å². The first-order chi connectivity index (χ1) is 8.49. The van der Waals surface area contributed by atoms with Gasteiger partial charge in [0.2, 0.25) is 0 Å². The van der Waals surface area contributed by atoms with Gasteiger partial charge in [0, 0.05) is 22.8 Å². The molecule has 0 bridgehead atoms. The first kappa shape index (κ1) is 13.1. The van der Waals surface area contributed by atoms with Crippen LogP contribution in [-0.4, -0.2) is 35.0 Å². The molecule has 1 atom stereocenters. The van der Waals surface area contributed by atoms with E-state index in [9.17, 15) is 9.59 Å². The molecular formula is C13H17NO3S. The van der Waals surface area contributed by atoms with Gasteiger partial charge < -0.3 is 10.0 Å². The maximum absolute atomic E-state index is 12.3. The van der Waals surface area contributed by atoms with Crippen molar-refractivity contribution in [2.45, 2.75) is 26.7 Å². The highest BCUT2D eigenvalue weighted by molar-refractivity contribution is 7.12. The Labute approximate surface area is 110 Å². The van der Waals surface area contributed by atoms with E-state index in [1.807, 2.05) is 19.9 Å². The van der Waals surface area contributed by atoms with E-state index in [-0.39, 0.29) is 5.91 Å². The maximum Gasteiger partial charge on any atom is 0.308 e. The average molecular weight is 267 g/mol. The minimum atomic E-state index is -0.800. The second-order valence-corrected chi connectivity index (χ2v) is 6.22. The number of carbonyl (C=O) groups is 2. The van der Waals surface area contributed by atoms with Gasteiger partial charge >= 0.3 is 5.97 Å². The van der Waals surface area contributed by atoms with Gasteiger partial charge in [-0.2, -0.15) is 0 Å². The number of rotatable bonds is 2. The molecule has 5 heteroatoms. The Hall–Kier alpha value is -1.36. The van der Waals surface area contributed by atoms with Gasteiger partial charge in [0.1, 0.15) is 0 Å². The van der Waals surface area contributed by atoms with E-state index in [0.29, 0.717) is 19.5 Å². The van der Waals surface area contributed by atoms with E-state index in [2.05, 4.69) is 0 Å². The van der Waals surface area contributed by atoms with Crippen LogP contribution in [0.3, 0.4) is 0 Å². The molecule has 2 rings (SSSR count). The second-order valence-electron chi connectivity index (χ2n) is 4.76. The highest BCUT2D eigenvalue weighted by Gasteiger charge is 2.29. The lowest BCUT2D eigenvalue weighted by Gasteiger charge is -2.30. The van der Waals surface area contributed by atoms with E-state index in [4.69, 9.17) is 5.11 Å². The summed E-state index contributed by atoms with van der Waals surface area (Å²) in [6.45, 7) is 4.91. The molecule has 1 aliphatic heterocycles. The number of hydrogen-bond donors (Lipinski definition) is 1. The molecule has 1 fully saturated rings. The SMILES string of the molecule is Cc1cc(C(=O)N2CCC[C@H](C(=O)O)C2)c(C)s1. The third kappa shape index (κ3) is 2.56. The van der Waals surface area contributed by atoms with Crippen molar-refractivity contribution in [2.75, 3.05) is 13.1 Å². The summed E-state index contributed by atoms with van der Waals surface area (Å²) in [5, 5.41) is 9.03. The molecule has 1 aliphatic rings. The summed E-state index contributed by atoms with van der Waals surface area (Å²) in [7, 11) is 0. The lowest BCUT2D eigenvalue weighted by molar-refractivity contribution is -0.143. The van der Waals surface area contributed by atoms with E-state index in [1.165, 1.54) is 0 Å². The number of likely N-dealkylation sites (tertiary alicyclic amines) is 1. The van der Waals surface area contributed by atoms with Crippen LogP contribution in [-0.2, 0) is 4.79 Å². The number of nitrogens with zero attached hydrogens (tertiary/aromatic N) is 1. The fourth-order valence-corrected chi connectivity index (χ4v) is 3.29. The Morgan fingerprint density at radius 2 is 2.17 bits per heavy atom. The van der Waals surface area contributed by atoms with Gasteiger partial charge in [-0.15, -0.1) is 11.3 Å². The van der Waals surface area contributed by atoms with Crippen molar-refractivity contribution in [3.05, 3.63) is 21.4 Å². The third-order valence-corrected chi connectivity index (χ3v) is 4.30. The lowest BCUT2D eigenvalue weighted by Crippen LogP contribution is -2.42. The number of piperidine rings is 1. The zero-order valence-corrected chi connectivity index (χ0v) is 11.4. The minimum Gasteiger partial charge on any atom is -0.481 e. The molecule has 18 heavy (non-hydrogen) atoms. The summed E-state index contributed by atoms with van der Waals surface area (Å²) in [6, 6.07) is 1.90. The molecule has 0 radical (unpaired) electrons. The van der Waals surface area contributed by atoms with Crippen LogP contribution >= 0.6 is 11.3 Å². The first-order valence-electron chi connectivity index (χ1n) is 6.08. The van der Waals surface area contributed by atoms with Crippen molar-refractivity contribution >= 4 is 23.2 Å². The molecule has 4 nitrogen and oxygen atoms in total. The molecule has 2 heterocycles. The monoisotopic (exact) mass is 267 g/mol. The van der Waals surface area contributed by atoms with Crippen LogP contribution in [0.4, 0.5) is 0 Å². The first-order valence-corrected chi connectivity index (χ1v) is 6.90. The van der Waals surface area contributed by atoms with Gasteiger partial charge in [-0.3, -0.25) is 9.59 Å². The van der Waals surface area contributed by atoms with E-state index in [0.717, 1.165) is 21.7 Å². The summed E-state index contributed by atoms with van der Waals surface area (Å²) in [6.07, 6.45) is 1.44. The highest BCUT2D eigenvalue weighted by atomic mass is 32.1. The fraction of sp³-hybridized carbons (Fsp3) is 0.538. The molecular weight excluding hydrogens is 250 g/mol. The van der Waals surface area contributed by atoms with Crippen molar-refractivity contribution < 1.29 is 14.7 Å². The van der Waals surface area contributed by atoms with Crippen LogP contribution in [0, 0.1) is 19.8 Å². The Bertz CT molecular complexity index is 481. The number of thiophene rings is 1. The van der Waals surface area contributed by atoms with Gasteiger partial charge in [-0.05, 0) is 32.8 Å². The summed E-state index contributed by atoms with van der Waals surface area (Å²) < 4.78 is 0. The number of aliphatic carboxylic acids is 1. The molecule has 1 saturated heterocycles. The Morgan fingerprint density at radius 3 is 2.72 bits per heavy atom. The minimum absolute atomic E-state index is 0.0252. The van der Waals surface area contributed by atoms with Crippen molar-refractivity contribution in [2.24, 2.45) is 5.92 Å². The number of hydrogen-bond acceptors (Lipinski definition) is 3. The topological polar surface area (TPSA) is 57.6 Å². The van der Waals surface area contributed by atoms with Gasteiger partial charge in [0.05, 0.1) is 11.5 Å². The quantitative estimate of drug-likeness (QED) is 0.894.